The predicted octanol–water partition coefficient (Wildman–Crippen LogP) is 3.41. The number of nitrogens with one attached hydrogen (secondary N) is 1. The van der Waals surface area contributed by atoms with Crippen LogP contribution < -0.4 is 19.5 Å². The lowest BCUT2D eigenvalue weighted by molar-refractivity contribution is -0.0691. The standard InChI is InChI=1S/C27H33NO6/c1-18-20(10-7-11-23(18)19-8-5-4-6-9-19)17-34-22-13-25(32-2)24(26(14-22)33-3)16-28-15-21(29)12-27(30)31/h4-11,13-14,21,27-31H,12,15-17H2,1-3H3/t21-/m0/s1. The summed E-state index contributed by atoms with van der Waals surface area (Å²) in [4.78, 5) is 0. The number of aliphatic hydroxyl groups excluding tert-OH is 2. The largest absolute Gasteiger partial charge is 0.496 e. The zero-order chi connectivity index (χ0) is 24.5. The minimum Gasteiger partial charge on any atom is -0.496 e. The van der Waals surface area contributed by atoms with Gasteiger partial charge >= 0.3 is 0 Å². The minimum absolute atomic E-state index is 0.126. The summed E-state index contributed by atoms with van der Waals surface area (Å²) >= 11 is 0. The van der Waals surface area contributed by atoms with Gasteiger partial charge in [-0.1, -0.05) is 48.5 Å². The van der Waals surface area contributed by atoms with E-state index in [9.17, 15) is 5.11 Å². The molecule has 0 spiro atoms. The number of benzene rings is 3. The van der Waals surface area contributed by atoms with Gasteiger partial charge in [0, 0.05) is 31.6 Å². The first kappa shape index (κ1) is 25.5. The second-order valence-electron chi connectivity index (χ2n) is 8.05. The van der Waals surface area contributed by atoms with Gasteiger partial charge in [-0.2, -0.15) is 0 Å². The average Bonchev–Trinajstić information content (AvgIpc) is 2.83. The van der Waals surface area contributed by atoms with E-state index in [1.807, 2.05) is 36.4 Å². The van der Waals surface area contributed by atoms with Crippen molar-refractivity contribution >= 4 is 0 Å². The molecular formula is C27H33NO6. The quantitative estimate of drug-likeness (QED) is 0.303. The van der Waals surface area contributed by atoms with E-state index in [0.717, 1.165) is 11.1 Å². The lowest BCUT2D eigenvalue weighted by Gasteiger charge is -2.18. The minimum atomic E-state index is -1.55. The molecule has 0 heterocycles. The Morgan fingerprint density at radius 2 is 1.56 bits per heavy atom. The molecule has 0 aliphatic carbocycles. The molecule has 0 saturated carbocycles. The summed E-state index contributed by atoms with van der Waals surface area (Å²) in [5, 5.41) is 30.9. The van der Waals surface area contributed by atoms with Crippen molar-refractivity contribution in [2.75, 3.05) is 20.8 Å². The molecule has 0 aromatic heterocycles. The third kappa shape index (κ3) is 6.71. The van der Waals surface area contributed by atoms with E-state index < -0.39 is 12.4 Å². The third-order valence-electron chi connectivity index (χ3n) is 5.67. The smallest absolute Gasteiger partial charge is 0.153 e. The van der Waals surface area contributed by atoms with Crippen LogP contribution in [0.5, 0.6) is 17.2 Å². The maximum Gasteiger partial charge on any atom is 0.153 e. The maximum atomic E-state index is 9.82. The van der Waals surface area contributed by atoms with Crippen LogP contribution in [0.1, 0.15) is 23.1 Å². The van der Waals surface area contributed by atoms with Gasteiger partial charge in [0.05, 0.1) is 25.9 Å². The van der Waals surface area contributed by atoms with Crippen molar-refractivity contribution in [1.29, 1.82) is 0 Å². The average molecular weight is 468 g/mol. The highest BCUT2D eigenvalue weighted by Crippen LogP contribution is 2.35. The number of methoxy groups -OCH3 is 2. The Bertz CT molecular complexity index is 1030. The zero-order valence-corrected chi connectivity index (χ0v) is 19.8. The first-order valence-corrected chi connectivity index (χ1v) is 11.2. The number of aliphatic hydroxyl groups is 3. The summed E-state index contributed by atoms with van der Waals surface area (Å²) in [7, 11) is 3.15. The van der Waals surface area contributed by atoms with Crippen LogP contribution in [0, 0.1) is 6.92 Å². The second kappa shape index (κ2) is 12.4. The third-order valence-corrected chi connectivity index (χ3v) is 5.67. The lowest BCUT2D eigenvalue weighted by Crippen LogP contribution is -2.29. The fourth-order valence-corrected chi connectivity index (χ4v) is 3.84. The van der Waals surface area contributed by atoms with Crippen LogP contribution in [0.2, 0.25) is 0 Å². The molecule has 0 unspecified atom stereocenters. The Morgan fingerprint density at radius 1 is 0.882 bits per heavy atom. The molecule has 0 saturated heterocycles. The highest BCUT2D eigenvalue weighted by Gasteiger charge is 2.15. The molecule has 0 amide bonds. The summed E-state index contributed by atoms with van der Waals surface area (Å²) < 4.78 is 17.2. The van der Waals surface area contributed by atoms with Gasteiger partial charge < -0.3 is 34.8 Å². The molecule has 0 aliphatic heterocycles. The molecule has 0 bridgehead atoms. The van der Waals surface area contributed by atoms with E-state index in [-0.39, 0.29) is 13.0 Å². The van der Waals surface area contributed by atoms with Crippen molar-refractivity contribution in [3.63, 3.8) is 0 Å². The Morgan fingerprint density at radius 3 is 2.18 bits per heavy atom. The van der Waals surface area contributed by atoms with Crippen molar-refractivity contribution in [3.8, 4) is 28.4 Å². The van der Waals surface area contributed by atoms with Gasteiger partial charge in [-0.05, 0) is 29.2 Å². The normalized spacial score (nSPS) is 12.0. The Hall–Kier alpha value is -3.10. The zero-order valence-electron chi connectivity index (χ0n) is 19.8. The van der Waals surface area contributed by atoms with Crippen molar-refractivity contribution in [3.05, 3.63) is 77.4 Å². The van der Waals surface area contributed by atoms with Gasteiger partial charge in [0.2, 0.25) is 0 Å². The van der Waals surface area contributed by atoms with E-state index in [2.05, 4.69) is 36.5 Å². The second-order valence-corrected chi connectivity index (χ2v) is 8.05. The first-order valence-electron chi connectivity index (χ1n) is 11.2. The number of hydrogen-bond donors (Lipinski definition) is 4. The summed E-state index contributed by atoms with van der Waals surface area (Å²) in [6.07, 6.45) is -2.55. The monoisotopic (exact) mass is 467 g/mol. The molecule has 3 aromatic rings. The van der Waals surface area contributed by atoms with E-state index in [0.29, 0.717) is 30.4 Å². The van der Waals surface area contributed by atoms with Crippen molar-refractivity contribution in [2.24, 2.45) is 0 Å². The summed E-state index contributed by atoms with van der Waals surface area (Å²) in [6.45, 7) is 3.05. The Balaban J connectivity index is 1.72. The first-order chi connectivity index (χ1) is 16.4. The molecule has 3 rings (SSSR count). The highest BCUT2D eigenvalue weighted by molar-refractivity contribution is 5.68. The lowest BCUT2D eigenvalue weighted by atomic mass is 9.97. The highest BCUT2D eigenvalue weighted by atomic mass is 16.5. The van der Waals surface area contributed by atoms with E-state index >= 15 is 0 Å². The van der Waals surface area contributed by atoms with E-state index in [1.54, 1.807) is 14.2 Å². The van der Waals surface area contributed by atoms with Crippen LogP contribution in [0.25, 0.3) is 11.1 Å². The fraction of sp³-hybridized carbons (Fsp3) is 0.333. The maximum absolute atomic E-state index is 9.82. The van der Waals surface area contributed by atoms with Crippen LogP contribution in [0.4, 0.5) is 0 Å². The van der Waals surface area contributed by atoms with Crippen molar-refractivity contribution in [1.82, 2.24) is 5.32 Å². The molecule has 4 N–H and O–H groups in total. The fourth-order valence-electron chi connectivity index (χ4n) is 3.84. The van der Waals surface area contributed by atoms with Crippen molar-refractivity contribution in [2.45, 2.75) is 38.9 Å². The predicted molar refractivity (Wildman–Crippen MR) is 131 cm³/mol. The molecule has 7 heteroatoms. The number of ether oxygens (including phenoxy) is 3. The molecule has 34 heavy (non-hydrogen) atoms. The SMILES string of the molecule is COc1cc(OCc2cccc(-c3ccccc3)c2C)cc(OC)c1CNC[C@@H](O)CC(O)O. The summed E-state index contributed by atoms with van der Waals surface area (Å²) in [5.74, 6) is 1.80. The number of hydrogen-bond acceptors (Lipinski definition) is 7. The van der Waals surface area contributed by atoms with Crippen molar-refractivity contribution < 1.29 is 29.5 Å². The van der Waals surface area contributed by atoms with Crippen LogP contribution in [0.15, 0.2) is 60.7 Å². The number of rotatable bonds is 12. The topological polar surface area (TPSA) is 100 Å². The molecular weight excluding hydrogens is 434 g/mol. The van der Waals surface area contributed by atoms with E-state index in [1.165, 1.54) is 16.7 Å². The van der Waals surface area contributed by atoms with Gasteiger partial charge in [0.15, 0.2) is 6.29 Å². The summed E-state index contributed by atoms with van der Waals surface area (Å²) in [5.41, 5.74) is 5.37. The Labute approximate surface area is 200 Å². The van der Waals surface area contributed by atoms with E-state index in [4.69, 9.17) is 24.4 Å². The van der Waals surface area contributed by atoms with Gasteiger partial charge in [-0.25, -0.2) is 0 Å². The van der Waals surface area contributed by atoms with Crippen LogP contribution in [-0.4, -0.2) is 48.5 Å². The Kier molecular flexibility index (Phi) is 9.30. The molecule has 0 fully saturated rings. The molecule has 182 valence electrons. The molecule has 0 radical (unpaired) electrons. The molecule has 1 atom stereocenters. The van der Waals surface area contributed by atoms with Crippen LogP contribution in [-0.2, 0) is 13.2 Å². The van der Waals surface area contributed by atoms with Crippen LogP contribution in [0.3, 0.4) is 0 Å². The molecule has 7 nitrogen and oxygen atoms in total. The molecule has 3 aromatic carbocycles. The van der Waals surface area contributed by atoms with Crippen LogP contribution >= 0.6 is 0 Å². The molecule has 0 aliphatic rings. The summed E-state index contributed by atoms with van der Waals surface area (Å²) in [6, 6.07) is 20.1. The van der Waals surface area contributed by atoms with Gasteiger partial charge in [0.25, 0.3) is 0 Å². The van der Waals surface area contributed by atoms with Gasteiger partial charge in [-0.3, -0.25) is 0 Å². The van der Waals surface area contributed by atoms with Gasteiger partial charge in [0.1, 0.15) is 23.9 Å². The van der Waals surface area contributed by atoms with Gasteiger partial charge in [-0.15, -0.1) is 0 Å².